The van der Waals surface area contributed by atoms with Crippen LogP contribution in [-0.4, -0.2) is 18.6 Å². The van der Waals surface area contributed by atoms with Gasteiger partial charge in [-0.3, -0.25) is 0 Å². The highest BCUT2D eigenvalue weighted by molar-refractivity contribution is 7.91. The summed E-state index contributed by atoms with van der Waals surface area (Å²) in [4.78, 5) is -0.0372. The van der Waals surface area contributed by atoms with Crippen molar-refractivity contribution in [3.8, 4) is 101 Å². The standard InChI is InChI=1S/C76H50O4S/c77-75-71(65-25-9-21-57(41-65)61-33-29-49-13-1-5-17-53(49)37-61)45-69(46-72(75)66-26-10-22-58(42-66)62-34-30-50-14-2-6-18-54(50)38-62)81(79,80)70-47-73(67-27-11-23-59(43-67)63-35-31-51-15-3-7-19-55(51)39-63)76(78)74(48-70)68-28-12-24-60(44-68)64-36-32-52-16-4-8-20-56(52)40-64/h1-48,77-78H. The number of hydrogen-bond acceptors (Lipinski definition) is 4. The van der Waals surface area contributed by atoms with Crippen molar-refractivity contribution in [2.45, 2.75) is 9.79 Å². The molecule has 0 aliphatic heterocycles. The third-order valence-electron chi connectivity index (χ3n) is 15.8. The Bertz CT molecular complexity index is 4350. The summed E-state index contributed by atoms with van der Waals surface area (Å²) < 4.78 is 32.2. The Balaban J connectivity index is 0.959. The molecule has 0 aliphatic rings. The van der Waals surface area contributed by atoms with Gasteiger partial charge in [0.15, 0.2) is 0 Å². The fourth-order valence-electron chi connectivity index (χ4n) is 11.5. The molecule has 2 N–H and O–H groups in total. The lowest BCUT2D eigenvalue weighted by atomic mass is 9.93. The molecule has 0 bridgehead atoms. The Morgan fingerprint density at radius 3 is 0.654 bits per heavy atom. The Morgan fingerprint density at radius 1 is 0.198 bits per heavy atom. The van der Waals surface area contributed by atoms with Gasteiger partial charge in [-0.15, -0.1) is 0 Å². The Hall–Kier alpha value is -10.3. The summed E-state index contributed by atoms with van der Waals surface area (Å²) in [6.45, 7) is 0. The summed E-state index contributed by atoms with van der Waals surface area (Å²) in [5.41, 5.74) is 11.6. The van der Waals surface area contributed by atoms with Crippen molar-refractivity contribution in [1.82, 2.24) is 0 Å². The van der Waals surface area contributed by atoms with Crippen LogP contribution in [0.2, 0.25) is 0 Å². The highest BCUT2D eigenvalue weighted by Crippen LogP contribution is 2.47. The second kappa shape index (κ2) is 20.2. The predicted octanol–water partition coefficient (Wildman–Crippen LogP) is 19.9. The molecule has 0 aliphatic carbocycles. The maximum atomic E-state index is 16.1. The van der Waals surface area contributed by atoms with E-state index in [1.54, 1.807) is 24.3 Å². The molecular formula is C76H50O4S. The van der Waals surface area contributed by atoms with Crippen molar-refractivity contribution in [3.63, 3.8) is 0 Å². The lowest BCUT2D eigenvalue weighted by molar-refractivity contribution is 0.478. The number of fused-ring (bicyclic) bond motifs is 4. The Labute approximate surface area is 470 Å². The Morgan fingerprint density at radius 2 is 0.407 bits per heavy atom. The minimum absolute atomic E-state index is 0.0186. The molecule has 14 rings (SSSR count). The van der Waals surface area contributed by atoms with E-state index < -0.39 is 9.84 Å². The van der Waals surface area contributed by atoms with Crippen LogP contribution in [0.25, 0.3) is 132 Å². The molecule has 14 aromatic carbocycles. The molecule has 0 fully saturated rings. The molecule has 14 aromatic rings. The molecule has 4 nitrogen and oxygen atoms in total. The van der Waals surface area contributed by atoms with Gasteiger partial charge < -0.3 is 10.2 Å². The van der Waals surface area contributed by atoms with Gasteiger partial charge in [0.2, 0.25) is 9.84 Å². The molecule has 0 unspecified atom stereocenters. The van der Waals surface area contributed by atoms with Crippen molar-refractivity contribution in [1.29, 1.82) is 0 Å². The smallest absolute Gasteiger partial charge is 0.206 e. The molecule has 0 spiro atoms. The molecule has 5 heteroatoms. The van der Waals surface area contributed by atoms with E-state index in [1.165, 1.54) is 0 Å². The SMILES string of the molecule is O=S(=O)(c1cc(-c2cccc(-c3ccc4ccccc4c3)c2)c(O)c(-c2cccc(-c3ccc4ccccc4c3)c2)c1)c1cc(-c2cccc(-c3ccc4ccccc4c3)c2)c(O)c(-c2cccc(-c3ccc4ccccc4c3)c2)c1. The molecule has 0 atom stereocenters. The average molecular weight is 1060 g/mol. The highest BCUT2D eigenvalue weighted by atomic mass is 32.2. The number of hydrogen-bond donors (Lipinski definition) is 2. The molecule has 0 saturated heterocycles. The first-order valence-corrected chi connectivity index (χ1v) is 28.5. The fourth-order valence-corrected chi connectivity index (χ4v) is 12.8. The molecular weight excluding hydrogens is 1010 g/mol. The van der Waals surface area contributed by atoms with E-state index in [0.717, 1.165) is 87.6 Å². The van der Waals surface area contributed by atoms with Crippen LogP contribution in [0.15, 0.2) is 301 Å². The lowest BCUT2D eigenvalue weighted by Crippen LogP contribution is -2.04. The zero-order chi connectivity index (χ0) is 54.6. The second-order valence-corrected chi connectivity index (χ2v) is 22.8. The summed E-state index contributed by atoms with van der Waals surface area (Å²) in [5, 5.41) is 34.3. The summed E-state index contributed by atoms with van der Waals surface area (Å²) in [6, 6.07) is 96.1. The number of phenolic OH excluding ortho intramolecular Hbond substituents is 2. The summed E-state index contributed by atoms with van der Waals surface area (Å²) in [7, 11) is -4.46. The average Bonchev–Trinajstić information content (AvgIpc) is 3.57. The number of phenols is 2. The molecule has 0 radical (unpaired) electrons. The van der Waals surface area contributed by atoms with Crippen molar-refractivity contribution in [2.75, 3.05) is 0 Å². The summed E-state index contributed by atoms with van der Waals surface area (Å²) >= 11 is 0. The summed E-state index contributed by atoms with van der Waals surface area (Å²) in [6.07, 6.45) is 0. The van der Waals surface area contributed by atoms with Crippen molar-refractivity contribution in [3.05, 3.63) is 291 Å². The van der Waals surface area contributed by atoms with Crippen LogP contribution in [0, 0.1) is 0 Å². The van der Waals surface area contributed by atoms with Gasteiger partial charge in [0.25, 0.3) is 0 Å². The van der Waals surface area contributed by atoms with Crippen molar-refractivity contribution >= 4 is 52.9 Å². The van der Waals surface area contributed by atoms with Crippen LogP contribution < -0.4 is 0 Å². The lowest BCUT2D eigenvalue weighted by Gasteiger charge is -2.18. The maximum Gasteiger partial charge on any atom is 0.206 e. The van der Waals surface area contributed by atoms with Gasteiger partial charge >= 0.3 is 0 Å². The van der Waals surface area contributed by atoms with Crippen LogP contribution in [0.4, 0.5) is 0 Å². The zero-order valence-electron chi connectivity index (χ0n) is 43.8. The van der Waals surface area contributed by atoms with Gasteiger partial charge in [0, 0.05) is 22.3 Å². The van der Waals surface area contributed by atoms with Gasteiger partial charge in [-0.25, -0.2) is 8.42 Å². The van der Waals surface area contributed by atoms with Crippen molar-refractivity contribution < 1.29 is 18.6 Å². The molecule has 0 amide bonds. The van der Waals surface area contributed by atoms with E-state index in [0.29, 0.717) is 44.5 Å². The number of rotatable bonds is 10. The minimum Gasteiger partial charge on any atom is -0.507 e. The molecule has 0 heterocycles. The van der Waals surface area contributed by atoms with E-state index in [9.17, 15) is 10.2 Å². The van der Waals surface area contributed by atoms with Gasteiger partial charge in [0.1, 0.15) is 11.5 Å². The van der Waals surface area contributed by atoms with E-state index in [1.807, 2.05) is 146 Å². The van der Waals surface area contributed by atoms with Crippen LogP contribution in [-0.2, 0) is 9.84 Å². The normalized spacial score (nSPS) is 11.7. The van der Waals surface area contributed by atoms with E-state index in [-0.39, 0.29) is 21.3 Å². The number of sulfone groups is 1. The highest BCUT2D eigenvalue weighted by Gasteiger charge is 2.27. The molecule has 0 saturated carbocycles. The van der Waals surface area contributed by atoms with E-state index in [4.69, 9.17) is 0 Å². The number of benzene rings is 14. The van der Waals surface area contributed by atoms with Gasteiger partial charge in [-0.1, -0.05) is 218 Å². The quantitative estimate of drug-likeness (QED) is 0.143. The first-order chi connectivity index (χ1) is 39.7. The van der Waals surface area contributed by atoms with Gasteiger partial charge in [0.05, 0.1) is 9.79 Å². The number of aromatic hydroxyl groups is 2. The van der Waals surface area contributed by atoms with Crippen LogP contribution in [0.3, 0.4) is 0 Å². The third-order valence-corrected chi connectivity index (χ3v) is 17.5. The van der Waals surface area contributed by atoms with Crippen LogP contribution >= 0.6 is 0 Å². The maximum absolute atomic E-state index is 16.1. The van der Waals surface area contributed by atoms with Gasteiger partial charge in [-0.05, 0) is 183 Å². The van der Waals surface area contributed by atoms with Gasteiger partial charge in [-0.2, -0.15) is 0 Å². The third kappa shape index (κ3) is 9.25. The van der Waals surface area contributed by atoms with E-state index >= 15 is 8.42 Å². The van der Waals surface area contributed by atoms with Crippen LogP contribution in [0.5, 0.6) is 11.5 Å². The molecule has 0 aromatic heterocycles. The van der Waals surface area contributed by atoms with E-state index in [2.05, 4.69) is 121 Å². The molecule has 384 valence electrons. The Kier molecular flexibility index (Phi) is 12.2. The zero-order valence-corrected chi connectivity index (χ0v) is 44.6. The first-order valence-electron chi connectivity index (χ1n) is 27.0. The topological polar surface area (TPSA) is 74.6 Å². The minimum atomic E-state index is -4.46. The van der Waals surface area contributed by atoms with Crippen LogP contribution in [0.1, 0.15) is 0 Å². The largest absolute Gasteiger partial charge is 0.507 e. The predicted molar refractivity (Wildman–Crippen MR) is 335 cm³/mol. The fraction of sp³-hybridized carbons (Fsp3) is 0. The first kappa shape index (κ1) is 49.0. The summed E-state index contributed by atoms with van der Waals surface area (Å²) in [5.74, 6) is -0.105. The van der Waals surface area contributed by atoms with Crippen molar-refractivity contribution in [2.24, 2.45) is 0 Å². The monoisotopic (exact) mass is 1060 g/mol. The molecule has 81 heavy (non-hydrogen) atoms. The second-order valence-electron chi connectivity index (χ2n) is 20.8.